The van der Waals surface area contributed by atoms with Gasteiger partial charge in [-0.15, -0.1) is 0 Å². The molecule has 17 heavy (non-hydrogen) atoms. The first kappa shape index (κ1) is 11.6. The summed E-state index contributed by atoms with van der Waals surface area (Å²) in [6, 6.07) is 5.74. The first-order valence-corrected chi connectivity index (χ1v) is 5.68. The predicted molar refractivity (Wildman–Crippen MR) is 64.4 cm³/mol. The molecule has 4 heteroatoms. The van der Waals surface area contributed by atoms with Crippen molar-refractivity contribution in [3.63, 3.8) is 0 Å². The molecule has 0 saturated carbocycles. The maximum Gasteiger partial charge on any atom is 0.389 e. The van der Waals surface area contributed by atoms with Crippen molar-refractivity contribution in [2.75, 3.05) is 6.61 Å². The van der Waals surface area contributed by atoms with Crippen molar-refractivity contribution in [2.24, 2.45) is 4.99 Å². The summed E-state index contributed by atoms with van der Waals surface area (Å²) in [5.74, 6) is 0. The summed E-state index contributed by atoms with van der Waals surface area (Å²) < 4.78 is 10.7. The SMILES string of the molecule is CCCOC1=Nc2ccc(C)cc2C(C=O)O1. The molecule has 0 bridgehead atoms. The van der Waals surface area contributed by atoms with Crippen LogP contribution in [0.3, 0.4) is 0 Å². The summed E-state index contributed by atoms with van der Waals surface area (Å²) in [6.45, 7) is 4.50. The number of aldehydes is 1. The van der Waals surface area contributed by atoms with Gasteiger partial charge in [0, 0.05) is 5.56 Å². The fourth-order valence-electron chi connectivity index (χ4n) is 1.66. The van der Waals surface area contributed by atoms with Crippen molar-refractivity contribution in [1.29, 1.82) is 0 Å². The average molecular weight is 233 g/mol. The predicted octanol–water partition coefficient (Wildman–Crippen LogP) is 2.68. The Balaban J connectivity index is 2.32. The Kier molecular flexibility index (Phi) is 3.42. The third kappa shape index (κ3) is 2.46. The highest BCUT2D eigenvalue weighted by Gasteiger charge is 2.24. The van der Waals surface area contributed by atoms with Gasteiger partial charge in [0.15, 0.2) is 12.4 Å². The van der Waals surface area contributed by atoms with Crippen molar-refractivity contribution >= 4 is 18.1 Å². The molecule has 1 unspecified atom stereocenters. The van der Waals surface area contributed by atoms with Gasteiger partial charge in [0.05, 0.1) is 12.3 Å². The highest BCUT2D eigenvalue weighted by atomic mass is 16.7. The second kappa shape index (κ2) is 4.99. The maximum absolute atomic E-state index is 11.0. The molecule has 0 N–H and O–H groups in total. The minimum absolute atomic E-state index is 0.181. The van der Waals surface area contributed by atoms with Crippen molar-refractivity contribution < 1.29 is 14.3 Å². The molecular weight excluding hydrogens is 218 g/mol. The Morgan fingerprint density at radius 3 is 3.06 bits per heavy atom. The lowest BCUT2D eigenvalue weighted by atomic mass is 10.0. The van der Waals surface area contributed by atoms with E-state index in [1.54, 1.807) is 0 Å². The molecule has 0 radical (unpaired) electrons. The monoisotopic (exact) mass is 233 g/mol. The number of nitrogens with zero attached hydrogens (tertiary/aromatic N) is 1. The normalized spacial score (nSPS) is 17.8. The Morgan fingerprint density at radius 1 is 1.53 bits per heavy atom. The van der Waals surface area contributed by atoms with E-state index in [1.165, 1.54) is 0 Å². The number of fused-ring (bicyclic) bond motifs is 1. The van der Waals surface area contributed by atoms with Crippen molar-refractivity contribution in [3.8, 4) is 0 Å². The average Bonchev–Trinajstić information content (AvgIpc) is 2.35. The molecule has 1 aromatic rings. The summed E-state index contributed by atoms with van der Waals surface area (Å²) in [5.41, 5.74) is 2.61. The fourth-order valence-corrected chi connectivity index (χ4v) is 1.66. The molecule has 0 fully saturated rings. The van der Waals surface area contributed by atoms with Crippen molar-refractivity contribution in [2.45, 2.75) is 26.4 Å². The van der Waals surface area contributed by atoms with Gasteiger partial charge in [0.2, 0.25) is 0 Å². The highest BCUT2D eigenvalue weighted by molar-refractivity contribution is 5.80. The van der Waals surface area contributed by atoms with Crippen LogP contribution in [0.2, 0.25) is 0 Å². The minimum atomic E-state index is -0.616. The van der Waals surface area contributed by atoms with Crippen LogP contribution in [0.15, 0.2) is 23.2 Å². The zero-order valence-electron chi connectivity index (χ0n) is 9.97. The Labute approximate surface area is 100 Å². The molecule has 0 aliphatic carbocycles. The molecule has 1 atom stereocenters. The van der Waals surface area contributed by atoms with Crippen LogP contribution >= 0.6 is 0 Å². The van der Waals surface area contributed by atoms with Gasteiger partial charge in [-0.25, -0.2) is 0 Å². The van der Waals surface area contributed by atoms with E-state index in [0.717, 1.165) is 29.5 Å². The molecular formula is C13H15NO3. The molecule has 0 spiro atoms. The van der Waals surface area contributed by atoms with Crippen LogP contribution in [0.5, 0.6) is 0 Å². The molecule has 0 saturated heterocycles. The van der Waals surface area contributed by atoms with Gasteiger partial charge in [-0.2, -0.15) is 4.99 Å². The molecule has 1 aliphatic heterocycles. The van der Waals surface area contributed by atoms with Gasteiger partial charge in [0.1, 0.15) is 0 Å². The number of ether oxygens (including phenoxy) is 2. The zero-order valence-corrected chi connectivity index (χ0v) is 9.97. The van der Waals surface area contributed by atoms with Gasteiger partial charge in [-0.05, 0) is 25.5 Å². The lowest BCUT2D eigenvalue weighted by Gasteiger charge is -2.21. The number of benzene rings is 1. The topological polar surface area (TPSA) is 47.9 Å². The molecule has 1 heterocycles. The second-order valence-corrected chi connectivity index (χ2v) is 3.96. The van der Waals surface area contributed by atoms with E-state index in [4.69, 9.17) is 9.47 Å². The summed E-state index contributed by atoms with van der Waals surface area (Å²) in [5, 5.41) is 0. The quantitative estimate of drug-likeness (QED) is 0.754. The highest BCUT2D eigenvalue weighted by Crippen LogP contribution is 2.32. The van der Waals surface area contributed by atoms with Crippen LogP contribution in [0, 0.1) is 6.92 Å². The van der Waals surface area contributed by atoms with Gasteiger partial charge in [-0.3, -0.25) is 4.79 Å². The van der Waals surface area contributed by atoms with Crippen molar-refractivity contribution in [1.82, 2.24) is 0 Å². The van der Waals surface area contributed by atoms with Crippen LogP contribution in [0.1, 0.15) is 30.6 Å². The molecule has 0 amide bonds. The number of hydrogen-bond acceptors (Lipinski definition) is 4. The summed E-state index contributed by atoms with van der Waals surface area (Å²) >= 11 is 0. The number of hydrogen-bond donors (Lipinski definition) is 0. The lowest BCUT2D eigenvalue weighted by molar-refractivity contribution is -0.115. The van der Waals surface area contributed by atoms with E-state index in [1.807, 2.05) is 32.0 Å². The fraction of sp³-hybridized carbons (Fsp3) is 0.385. The molecule has 1 aromatic carbocycles. The Bertz CT molecular complexity index is 454. The van der Waals surface area contributed by atoms with Crippen LogP contribution in [-0.4, -0.2) is 19.0 Å². The molecule has 1 aliphatic rings. The van der Waals surface area contributed by atoms with Crippen molar-refractivity contribution in [3.05, 3.63) is 29.3 Å². The van der Waals surface area contributed by atoms with E-state index in [9.17, 15) is 4.79 Å². The smallest absolute Gasteiger partial charge is 0.389 e. The van der Waals surface area contributed by atoms with E-state index in [-0.39, 0.29) is 6.08 Å². The Hall–Kier alpha value is -1.84. The number of aliphatic imine (C=N–C) groups is 1. The van der Waals surface area contributed by atoms with Gasteiger partial charge < -0.3 is 9.47 Å². The molecule has 2 rings (SSSR count). The number of carbonyl (C=O) groups excluding carboxylic acids is 1. The standard InChI is InChI=1S/C13H15NO3/c1-3-6-16-13-14-11-5-4-9(2)7-10(11)12(8-15)17-13/h4-5,7-8,12H,3,6H2,1-2H3. The van der Waals surface area contributed by atoms with Gasteiger partial charge in [0.25, 0.3) is 0 Å². The maximum atomic E-state index is 11.0. The third-order valence-electron chi connectivity index (χ3n) is 2.48. The largest absolute Gasteiger partial charge is 0.450 e. The number of carbonyl (C=O) groups is 1. The first-order valence-electron chi connectivity index (χ1n) is 5.68. The van der Waals surface area contributed by atoms with Gasteiger partial charge in [-0.1, -0.05) is 18.6 Å². The van der Waals surface area contributed by atoms with Gasteiger partial charge >= 0.3 is 6.08 Å². The zero-order chi connectivity index (χ0) is 12.3. The van der Waals surface area contributed by atoms with E-state index in [0.29, 0.717) is 6.61 Å². The second-order valence-electron chi connectivity index (χ2n) is 3.96. The number of aryl methyl sites for hydroxylation is 1. The van der Waals surface area contributed by atoms with Crippen LogP contribution < -0.4 is 0 Å². The molecule has 4 nitrogen and oxygen atoms in total. The van der Waals surface area contributed by atoms with E-state index in [2.05, 4.69) is 4.99 Å². The summed E-state index contributed by atoms with van der Waals surface area (Å²) in [6.07, 6.45) is 1.20. The van der Waals surface area contributed by atoms with Crippen LogP contribution in [0.25, 0.3) is 0 Å². The Morgan fingerprint density at radius 2 is 2.35 bits per heavy atom. The van der Waals surface area contributed by atoms with Crippen LogP contribution in [0.4, 0.5) is 5.69 Å². The summed E-state index contributed by atoms with van der Waals surface area (Å²) in [4.78, 5) is 15.3. The lowest BCUT2D eigenvalue weighted by Crippen LogP contribution is -2.19. The van der Waals surface area contributed by atoms with E-state index >= 15 is 0 Å². The van der Waals surface area contributed by atoms with Crippen LogP contribution in [-0.2, 0) is 14.3 Å². The minimum Gasteiger partial charge on any atom is -0.450 e. The molecule has 0 aromatic heterocycles. The van der Waals surface area contributed by atoms with E-state index < -0.39 is 6.10 Å². The summed E-state index contributed by atoms with van der Waals surface area (Å²) in [7, 11) is 0. The third-order valence-corrected chi connectivity index (χ3v) is 2.48. The number of rotatable bonds is 3. The molecule has 90 valence electrons. The first-order chi connectivity index (χ1) is 8.24.